The van der Waals surface area contributed by atoms with Crippen molar-refractivity contribution < 1.29 is 9.21 Å². The van der Waals surface area contributed by atoms with E-state index in [9.17, 15) is 9.59 Å². The second kappa shape index (κ2) is 6.72. The van der Waals surface area contributed by atoms with Crippen molar-refractivity contribution in [2.24, 2.45) is 0 Å². The van der Waals surface area contributed by atoms with Gasteiger partial charge in [0.25, 0.3) is 5.91 Å². The highest BCUT2D eigenvalue weighted by atomic mass is 16.4. The van der Waals surface area contributed by atoms with Gasteiger partial charge in [-0.25, -0.2) is 4.79 Å². The topological polar surface area (TPSA) is 66.3 Å². The van der Waals surface area contributed by atoms with E-state index in [1.807, 2.05) is 23.1 Å². The lowest BCUT2D eigenvalue weighted by molar-refractivity contribution is 0.0731. The number of H-pyrrole nitrogens is 1. The maximum Gasteiger partial charge on any atom is 0.417 e. The van der Waals surface area contributed by atoms with Gasteiger partial charge in [0.2, 0.25) is 0 Å². The van der Waals surface area contributed by atoms with E-state index in [-0.39, 0.29) is 11.8 Å². The molecule has 1 amide bonds. The first-order chi connectivity index (χ1) is 12.9. The summed E-state index contributed by atoms with van der Waals surface area (Å²) in [5.74, 6) is 0.215. The summed E-state index contributed by atoms with van der Waals surface area (Å²) in [6.07, 6.45) is 0.887. The number of hydrogen-bond donors (Lipinski definition) is 1. The van der Waals surface area contributed by atoms with Crippen molar-refractivity contribution in [2.45, 2.75) is 39.0 Å². The Hall–Kier alpha value is -2.82. The van der Waals surface area contributed by atoms with Crippen molar-refractivity contribution >= 4 is 17.0 Å². The molecule has 0 saturated heterocycles. The number of carbonyl (C=O) groups is 1. The van der Waals surface area contributed by atoms with Gasteiger partial charge in [-0.2, -0.15) is 0 Å². The minimum absolute atomic E-state index is 0.111. The minimum atomic E-state index is -0.446. The maximum atomic E-state index is 13.0. The number of nitrogens with zero attached hydrogens (tertiary/aromatic N) is 1. The van der Waals surface area contributed by atoms with Gasteiger partial charge in [-0.15, -0.1) is 0 Å². The lowest BCUT2D eigenvalue weighted by atomic mass is 9.92. The first-order valence-electron chi connectivity index (χ1n) is 9.47. The van der Waals surface area contributed by atoms with Crippen molar-refractivity contribution in [1.29, 1.82) is 0 Å². The number of carbonyl (C=O) groups excluding carboxylic acids is 1. The Bertz CT molecular complexity index is 1060. The van der Waals surface area contributed by atoms with Crippen LogP contribution in [0.15, 0.2) is 45.6 Å². The molecular formula is C22H24N2O3. The van der Waals surface area contributed by atoms with Crippen LogP contribution in [-0.4, -0.2) is 28.9 Å². The molecule has 1 aliphatic heterocycles. The Labute approximate surface area is 158 Å². The summed E-state index contributed by atoms with van der Waals surface area (Å²) in [5.41, 5.74) is 5.49. The van der Waals surface area contributed by atoms with Gasteiger partial charge in [0, 0.05) is 18.7 Å². The molecule has 0 bridgehead atoms. The zero-order chi connectivity index (χ0) is 19.1. The third-order valence-corrected chi connectivity index (χ3v) is 5.48. The Morgan fingerprint density at radius 1 is 1.07 bits per heavy atom. The summed E-state index contributed by atoms with van der Waals surface area (Å²) in [5, 5.41) is 0. The third kappa shape index (κ3) is 3.29. The summed E-state index contributed by atoms with van der Waals surface area (Å²) < 4.78 is 5.16. The van der Waals surface area contributed by atoms with Crippen LogP contribution in [0.4, 0.5) is 0 Å². The second-order valence-corrected chi connectivity index (χ2v) is 7.74. The third-order valence-electron chi connectivity index (χ3n) is 5.48. The molecule has 2 aromatic carbocycles. The first-order valence-corrected chi connectivity index (χ1v) is 9.47. The Kier molecular flexibility index (Phi) is 4.38. The average molecular weight is 364 g/mol. The molecule has 1 aliphatic rings. The molecule has 1 atom stereocenters. The standard InChI is InChI=1S/C22H24N2O3/c1-13(2)16-5-4-15-8-9-24(21(25)18(15)10-16)12-14(3)17-6-7-19-20(11-17)27-22(26)23-19/h4-7,10-11,13-14H,8-9,12H2,1-3H3,(H,23,26). The van der Waals surface area contributed by atoms with Crippen LogP contribution in [0.1, 0.15) is 59.7 Å². The van der Waals surface area contributed by atoms with Crippen molar-refractivity contribution in [1.82, 2.24) is 9.88 Å². The van der Waals surface area contributed by atoms with Gasteiger partial charge in [-0.1, -0.05) is 39.0 Å². The molecule has 27 heavy (non-hydrogen) atoms. The van der Waals surface area contributed by atoms with Gasteiger partial charge in [-0.05, 0) is 53.1 Å². The van der Waals surface area contributed by atoms with Crippen LogP contribution in [0.25, 0.3) is 11.1 Å². The Morgan fingerprint density at radius 3 is 2.63 bits per heavy atom. The van der Waals surface area contributed by atoms with E-state index in [1.54, 1.807) is 0 Å². The molecule has 3 aromatic rings. The van der Waals surface area contributed by atoms with Gasteiger partial charge in [0.05, 0.1) is 5.52 Å². The Morgan fingerprint density at radius 2 is 1.85 bits per heavy atom. The van der Waals surface area contributed by atoms with E-state index in [0.29, 0.717) is 23.6 Å². The smallest absolute Gasteiger partial charge is 0.408 e. The predicted molar refractivity (Wildman–Crippen MR) is 105 cm³/mol. The number of aromatic amines is 1. The average Bonchev–Trinajstić information content (AvgIpc) is 3.02. The molecule has 0 radical (unpaired) electrons. The van der Waals surface area contributed by atoms with Crippen molar-refractivity contribution in [3.05, 3.63) is 69.2 Å². The minimum Gasteiger partial charge on any atom is -0.408 e. The van der Waals surface area contributed by atoms with Crippen molar-refractivity contribution in [3.63, 3.8) is 0 Å². The number of amides is 1. The van der Waals surface area contributed by atoms with Crippen molar-refractivity contribution in [3.8, 4) is 0 Å². The van der Waals surface area contributed by atoms with Crippen LogP contribution in [0.2, 0.25) is 0 Å². The number of nitrogens with one attached hydrogen (secondary N) is 1. The molecule has 5 nitrogen and oxygen atoms in total. The molecule has 1 N–H and O–H groups in total. The van der Waals surface area contributed by atoms with Crippen LogP contribution in [0.3, 0.4) is 0 Å². The van der Waals surface area contributed by atoms with Gasteiger partial charge in [0.15, 0.2) is 5.58 Å². The lowest BCUT2D eigenvalue weighted by Gasteiger charge is -2.31. The largest absolute Gasteiger partial charge is 0.417 e. The van der Waals surface area contributed by atoms with Gasteiger partial charge in [0.1, 0.15) is 0 Å². The molecule has 2 heterocycles. The molecular weight excluding hydrogens is 340 g/mol. The summed E-state index contributed by atoms with van der Waals surface area (Å²) >= 11 is 0. The SMILES string of the molecule is CC(C)c1ccc2c(c1)C(=O)N(CC(C)c1ccc3[nH]c(=O)oc3c1)CC2. The van der Waals surface area contributed by atoms with E-state index in [2.05, 4.69) is 44.0 Å². The van der Waals surface area contributed by atoms with Crippen molar-refractivity contribution in [2.75, 3.05) is 13.1 Å². The number of rotatable bonds is 4. The quantitative estimate of drug-likeness (QED) is 0.759. The van der Waals surface area contributed by atoms with Crippen LogP contribution < -0.4 is 5.76 Å². The predicted octanol–water partition coefficient (Wildman–Crippen LogP) is 4.05. The zero-order valence-corrected chi connectivity index (χ0v) is 15.9. The van der Waals surface area contributed by atoms with E-state index in [4.69, 9.17) is 4.42 Å². The summed E-state index contributed by atoms with van der Waals surface area (Å²) in [6.45, 7) is 7.76. The fraction of sp³-hybridized carbons (Fsp3) is 0.364. The Balaban J connectivity index is 1.56. The van der Waals surface area contributed by atoms with E-state index in [0.717, 1.165) is 29.7 Å². The molecule has 5 heteroatoms. The first kappa shape index (κ1) is 17.6. The molecule has 140 valence electrons. The van der Waals surface area contributed by atoms with Crippen LogP contribution in [0.5, 0.6) is 0 Å². The normalized spacial score (nSPS) is 15.4. The van der Waals surface area contributed by atoms with Crippen LogP contribution in [0, 0.1) is 0 Å². The molecule has 0 spiro atoms. The summed E-state index contributed by atoms with van der Waals surface area (Å²) in [7, 11) is 0. The number of fused-ring (bicyclic) bond motifs is 2. The van der Waals surface area contributed by atoms with E-state index >= 15 is 0 Å². The summed E-state index contributed by atoms with van der Waals surface area (Å²) in [4.78, 5) is 29.0. The molecule has 0 saturated carbocycles. The lowest BCUT2D eigenvalue weighted by Crippen LogP contribution is -2.39. The fourth-order valence-electron chi connectivity index (χ4n) is 3.78. The molecule has 4 rings (SSSR count). The van der Waals surface area contributed by atoms with Gasteiger partial charge in [-0.3, -0.25) is 9.78 Å². The van der Waals surface area contributed by atoms with Crippen LogP contribution >= 0.6 is 0 Å². The number of hydrogen-bond acceptors (Lipinski definition) is 3. The molecule has 1 unspecified atom stereocenters. The zero-order valence-electron chi connectivity index (χ0n) is 15.9. The molecule has 0 aliphatic carbocycles. The summed E-state index contributed by atoms with van der Waals surface area (Å²) in [6, 6.07) is 12.0. The highest BCUT2D eigenvalue weighted by molar-refractivity contribution is 5.97. The monoisotopic (exact) mass is 364 g/mol. The second-order valence-electron chi connectivity index (χ2n) is 7.74. The van der Waals surface area contributed by atoms with Crippen LogP contribution in [-0.2, 0) is 6.42 Å². The number of oxazole rings is 1. The maximum absolute atomic E-state index is 13.0. The van der Waals surface area contributed by atoms with Gasteiger partial charge >= 0.3 is 5.76 Å². The fourth-order valence-corrected chi connectivity index (χ4v) is 3.78. The molecule has 1 aromatic heterocycles. The number of aromatic nitrogens is 1. The van der Waals surface area contributed by atoms with Gasteiger partial charge < -0.3 is 9.32 Å². The number of benzene rings is 2. The highest BCUT2D eigenvalue weighted by Crippen LogP contribution is 2.27. The van der Waals surface area contributed by atoms with E-state index < -0.39 is 5.76 Å². The van der Waals surface area contributed by atoms with E-state index in [1.165, 1.54) is 5.56 Å². The highest BCUT2D eigenvalue weighted by Gasteiger charge is 2.26. The molecule has 0 fully saturated rings.